The van der Waals surface area contributed by atoms with E-state index in [0.29, 0.717) is 0 Å². The van der Waals surface area contributed by atoms with E-state index in [4.69, 9.17) is 5.11 Å². The smallest absolute Gasteiger partial charge is 0.328 e. The number of hydrogen-bond donors (Lipinski definition) is 3. The highest BCUT2D eigenvalue weighted by atomic mass is 16.4. The number of aliphatic carboxylic acids is 1. The minimum absolute atomic E-state index is 0.00144. The first-order valence-electron chi connectivity index (χ1n) is 5.85. The molecule has 1 aliphatic carbocycles. The van der Waals surface area contributed by atoms with E-state index in [0.717, 1.165) is 19.3 Å². The van der Waals surface area contributed by atoms with E-state index < -0.39 is 23.3 Å². The van der Waals surface area contributed by atoms with Crippen LogP contribution in [0.4, 0.5) is 0 Å². The van der Waals surface area contributed by atoms with E-state index >= 15 is 0 Å². The van der Waals surface area contributed by atoms with Crippen molar-refractivity contribution < 1.29 is 9.90 Å². The van der Waals surface area contributed by atoms with Crippen molar-refractivity contribution in [3.05, 3.63) is 33.1 Å². The molecule has 0 saturated heterocycles. The Bertz CT molecular complexity index is 544. The van der Waals surface area contributed by atoms with Gasteiger partial charge in [-0.05, 0) is 12.8 Å². The van der Waals surface area contributed by atoms with Gasteiger partial charge in [-0.15, -0.1) is 0 Å². The number of carbonyl (C=O) groups is 1. The maximum atomic E-state index is 11.5. The summed E-state index contributed by atoms with van der Waals surface area (Å²) in [6.07, 6.45) is 4.33. The maximum Gasteiger partial charge on any atom is 0.328 e. The molecular weight excluding hydrogens is 238 g/mol. The van der Waals surface area contributed by atoms with E-state index in [2.05, 4.69) is 10.3 Å². The second kappa shape index (κ2) is 5.18. The van der Waals surface area contributed by atoms with Crippen LogP contribution in [0.2, 0.25) is 0 Å². The Hall–Kier alpha value is -1.89. The van der Waals surface area contributed by atoms with Crippen LogP contribution in [-0.2, 0) is 11.3 Å². The molecule has 0 spiro atoms. The maximum absolute atomic E-state index is 11.5. The molecular formula is C11H15N3O4. The Morgan fingerprint density at radius 1 is 1.56 bits per heavy atom. The molecule has 0 unspecified atom stereocenters. The molecule has 0 amide bonds. The molecule has 1 saturated carbocycles. The van der Waals surface area contributed by atoms with Crippen LogP contribution < -0.4 is 16.6 Å². The van der Waals surface area contributed by atoms with Crippen molar-refractivity contribution in [2.45, 2.75) is 37.9 Å². The van der Waals surface area contributed by atoms with Crippen molar-refractivity contribution in [1.29, 1.82) is 0 Å². The lowest BCUT2D eigenvalue weighted by Crippen LogP contribution is -2.49. The summed E-state index contributed by atoms with van der Waals surface area (Å²) in [5, 5.41) is 12.1. The Labute approximate surface area is 102 Å². The number of aromatic nitrogens is 2. The SMILES string of the molecule is O=C(O)[C@H](Cn1ccc(=O)[nH]c1=O)NC1CCC1. The van der Waals surface area contributed by atoms with Crippen molar-refractivity contribution in [3.63, 3.8) is 0 Å². The lowest BCUT2D eigenvalue weighted by atomic mass is 9.92. The summed E-state index contributed by atoms with van der Waals surface area (Å²) in [6, 6.07) is 0.590. The average Bonchev–Trinajstić information content (AvgIpc) is 2.23. The van der Waals surface area contributed by atoms with Gasteiger partial charge in [0, 0.05) is 18.3 Å². The zero-order valence-electron chi connectivity index (χ0n) is 9.76. The molecule has 1 aromatic heterocycles. The fraction of sp³-hybridized carbons (Fsp3) is 0.545. The summed E-state index contributed by atoms with van der Waals surface area (Å²) >= 11 is 0. The molecule has 0 aromatic carbocycles. The number of H-pyrrole nitrogens is 1. The molecule has 3 N–H and O–H groups in total. The molecule has 1 aromatic rings. The van der Waals surface area contributed by atoms with Crippen molar-refractivity contribution in [2.75, 3.05) is 0 Å². The number of nitrogens with one attached hydrogen (secondary N) is 2. The molecule has 18 heavy (non-hydrogen) atoms. The average molecular weight is 253 g/mol. The van der Waals surface area contributed by atoms with Crippen LogP contribution in [0.3, 0.4) is 0 Å². The number of hydrogen-bond acceptors (Lipinski definition) is 4. The molecule has 1 atom stereocenters. The van der Waals surface area contributed by atoms with Gasteiger partial charge in [0.1, 0.15) is 6.04 Å². The summed E-state index contributed by atoms with van der Waals surface area (Å²) in [7, 11) is 0. The minimum Gasteiger partial charge on any atom is -0.480 e. The van der Waals surface area contributed by atoms with Crippen LogP contribution in [0.5, 0.6) is 0 Å². The van der Waals surface area contributed by atoms with E-state index in [1.807, 2.05) is 0 Å². The van der Waals surface area contributed by atoms with E-state index in [-0.39, 0.29) is 12.6 Å². The van der Waals surface area contributed by atoms with Gasteiger partial charge < -0.3 is 10.4 Å². The van der Waals surface area contributed by atoms with Gasteiger partial charge in [-0.1, -0.05) is 6.42 Å². The summed E-state index contributed by atoms with van der Waals surface area (Å²) < 4.78 is 1.19. The zero-order valence-corrected chi connectivity index (χ0v) is 9.76. The summed E-state index contributed by atoms with van der Waals surface area (Å²) in [5.41, 5.74) is -1.08. The number of carboxylic acids is 1. The molecule has 0 aliphatic heterocycles. The second-order valence-electron chi connectivity index (χ2n) is 4.45. The summed E-state index contributed by atoms with van der Waals surface area (Å²) in [4.78, 5) is 35.6. The van der Waals surface area contributed by atoms with Gasteiger partial charge in [0.05, 0.1) is 6.54 Å². The van der Waals surface area contributed by atoms with Crippen LogP contribution >= 0.6 is 0 Å². The molecule has 0 radical (unpaired) electrons. The molecule has 7 nitrogen and oxygen atoms in total. The van der Waals surface area contributed by atoms with Gasteiger partial charge in [-0.3, -0.25) is 19.1 Å². The van der Waals surface area contributed by atoms with Gasteiger partial charge in [0.25, 0.3) is 5.56 Å². The van der Waals surface area contributed by atoms with Gasteiger partial charge >= 0.3 is 11.7 Å². The largest absolute Gasteiger partial charge is 0.480 e. The third kappa shape index (κ3) is 2.86. The Morgan fingerprint density at radius 2 is 2.28 bits per heavy atom. The van der Waals surface area contributed by atoms with Crippen LogP contribution in [0.1, 0.15) is 19.3 Å². The van der Waals surface area contributed by atoms with Gasteiger partial charge in [-0.25, -0.2) is 4.79 Å². The molecule has 98 valence electrons. The molecule has 1 heterocycles. The Morgan fingerprint density at radius 3 is 2.78 bits per heavy atom. The number of nitrogens with zero attached hydrogens (tertiary/aromatic N) is 1. The topological polar surface area (TPSA) is 104 Å². The molecule has 2 rings (SSSR count). The fourth-order valence-corrected chi connectivity index (χ4v) is 1.85. The van der Waals surface area contributed by atoms with Crippen molar-refractivity contribution >= 4 is 5.97 Å². The summed E-state index contributed by atoms with van der Waals surface area (Å²) in [6.45, 7) is 0.00144. The monoisotopic (exact) mass is 253 g/mol. The number of aromatic amines is 1. The van der Waals surface area contributed by atoms with Crippen LogP contribution in [0.15, 0.2) is 21.9 Å². The van der Waals surface area contributed by atoms with Gasteiger partial charge in [0.2, 0.25) is 0 Å². The highest BCUT2D eigenvalue weighted by Crippen LogP contribution is 2.18. The fourth-order valence-electron chi connectivity index (χ4n) is 1.85. The molecule has 7 heteroatoms. The van der Waals surface area contributed by atoms with Gasteiger partial charge in [-0.2, -0.15) is 0 Å². The summed E-state index contributed by atoms with van der Waals surface area (Å²) in [5.74, 6) is -1.000. The van der Waals surface area contributed by atoms with Crippen LogP contribution in [0, 0.1) is 0 Å². The lowest BCUT2D eigenvalue weighted by molar-refractivity contribution is -0.140. The predicted molar refractivity (Wildman–Crippen MR) is 63.5 cm³/mol. The van der Waals surface area contributed by atoms with Crippen molar-refractivity contribution in [1.82, 2.24) is 14.9 Å². The molecule has 1 fully saturated rings. The Kier molecular flexibility index (Phi) is 3.61. The predicted octanol–water partition coefficient (Wildman–Crippen LogP) is -0.868. The van der Waals surface area contributed by atoms with Crippen LogP contribution in [-0.4, -0.2) is 32.7 Å². The third-order valence-electron chi connectivity index (χ3n) is 3.12. The zero-order chi connectivity index (χ0) is 13.1. The first-order chi connectivity index (χ1) is 8.56. The normalized spacial score (nSPS) is 17.1. The van der Waals surface area contributed by atoms with E-state index in [9.17, 15) is 14.4 Å². The van der Waals surface area contributed by atoms with Crippen LogP contribution in [0.25, 0.3) is 0 Å². The van der Waals surface area contributed by atoms with Gasteiger partial charge in [0.15, 0.2) is 0 Å². The minimum atomic E-state index is -1.000. The lowest BCUT2D eigenvalue weighted by Gasteiger charge is -2.29. The third-order valence-corrected chi connectivity index (χ3v) is 3.12. The van der Waals surface area contributed by atoms with E-state index in [1.165, 1.54) is 16.8 Å². The number of carboxylic acid groups (broad SMARTS) is 1. The highest BCUT2D eigenvalue weighted by Gasteiger charge is 2.25. The first kappa shape index (κ1) is 12.6. The number of rotatable bonds is 5. The van der Waals surface area contributed by atoms with Crippen molar-refractivity contribution in [3.8, 4) is 0 Å². The Balaban J connectivity index is 2.09. The molecule has 1 aliphatic rings. The molecule has 0 bridgehead atoms. The van der Waals surface area contributed by atoms with E-state index in [1.54, 1.807) is 0 Å². The standard InChI is InChI=1S/C11H15N3O4/c15-9-4-5-14(11(18)13-9)6-8(10(16)17)12-7-2-1-3-7/h4-5,7-8,12H,1-3,6H2,(H,16,17)(H,13,15,18)/t8-/m0/s1. The highest BCUT2D eigenvalue weighted by molar-refractivity contribution is 5.73. The first-order valence-corrected chi connectivity index (χ1v) is 5.85. The second-order valence-corrected chi connectivity index (χ2v) is 4.45. The quantitative estimate of drug-likeness (QED) is 0.633. The van der Waals surface area contributed by atoms with Crippen molar-refractivity contribution in [2.24, 2.45) is 0 Å².